The van der Waals surface area contributed by atoms with Gasteiger partial charge in [-0.3, -0.25) is 0 Å². The maximum atomic E-state index is 10.6. The first-order chi connectivity index (χ1) is 13.3. The highest BCUT2D eigenvalue weighted by Crippen LogP contribution is 2.36. The minimum absolute atomic E-state index is 0. The first-order valence-corrected chi connectivity index (χ1v) is 10.1. The van der Waals surface area contributed by atoms with E-state index >= 15 is 0 Å². The molecule has 1 aromatic heterocycles. The van der Waals surface area contributed by atoms with Gasteiger partial charge >= 0.3 is 0 Å². The Balaban J connectivity index is 0.00000120. The molecule has 0 spiro atoms. The average Bonchev–Trinajstić information content (AvgIpc) is 3.16. The van der Waals surface area contributed by atoms with Crippen LogP contribution in [0, 0.1) is 11.8 Å². The van der Waals surface area contributed by atoms with Crippen molar-refractivity contribution in [2.75, 3.05) is 44.3 Å². The molecule has 3 heterocycles. The number of hydrogen-bond donors (Lipinski definition) is 2. The number of hydrogen-bond acceptors (Lipinski definition) is 6. The zero-order chi connectivity index (χ0) is 18.2. The SMILES string of the molecule is Cl.Cl.O[C@@H]1C[C@H]2CNC[C@H]2C[C@H]1Oc1cccc2ccc(N3CCOCC3)nc12. The van der Waals surface area contributed by atoms with Crippen LogP contribution in [0.5, 0.6) is 5.75 Å². The fourth-order valence-corrected chi connectivity index (χ4v) is 4.72. The molecule has 2 saturated heterocycles. The first-order valence-electron chi connectivity index (χ1n) is 10.1. The molecule has 0 unspecified atom stereocenters. The molecule has 2 aliphatic heterocycles. The van der Waals surface area contributed by atoms with Crippen LogP contribution in [0.25, 0.3) is 10.9 Å². The summed E-state index contributed by atoms with van der Waals surface area (Å²) in [5, 5.41) is 15.1. The molecule has 5 rings (SSSR count). The summed E-state index contributed by atoms with van der Waals surface area (Å²) in [5.41, 5.74) is 0.875. The van der Waals surface area contributed by atoms with Crippen LogP contribution in [0.15, 0.2) is 30.3 Å². The third-order valence-electron chi connectivity index (χ3n) is 6.27. The summed E-state index contributed by atoms with van der Waals surface area (Å²) in [4.78, 5) is 7.16. The number of ether oxygens (including phenoxy) is 2. The number of nitrogens with one attached hydrogen (secondary N) is 1. The smallest absolute Gasteiger partial charge is 0.146 e. The Bertz CT molecular complexity index is 819. The molecule has 3 fully saturated rings. The van der Waals surface area contributed by atoms with Gasteiger partial charge in [0.1, 0.15) is 23.2 Å². The van der Waals surface area contributed by atoms with Crippen LogP contribution < -0.4 is 15.0 Å². The summed E-state index contributed by atoms with van der Waals surface area (Å²) in [5.74, 6) is 2.92. The molecule has 1 aliphatic carbocycles. The first kappa shape index (κ1) is 22.4. The summed E-state index contributed by atoms with van der Waals surface area (Å²) in [6, 6.07) is 10.2. The molecule has 29 heavy (non-hydrogen) atoms. The third kappa shape index (κ3) is 4.57. The molecule has 6 nitrogen and oxygen atoms in total. The lowest BCUT2D eigenvalue weighted by Gasteiger charge is -2.35. The van der Waals surface area contributed by atoms with Crippen molar-refractivity contribution in [2.24, 2.45) is 11.8 Å². The van der Waals surface area contributed by atoms with Crippen LogP contribution in [0.1, 0.15) is 12.8 Å². The van der Waals surface area contributed by atoms with Crippen LogP contribution in [-0.2, 0) is 4.74 Å². The van der Waals surface area contributed by atoms with Crippen LogP contribution in [0.4, 0.5) is 5.82 Å². The molecule has 4 atom stereocenters. The lowest BCUT2D eigenvalue weighted by molar-refractivity contribution is -0.0225. The van der Waals surface area contributed by atoms with Gasteiger partial charge in [0.05, 0.1) is 19.3 Å². The minimum Gasteiger partial charge on any atom is -0.485 e. The number of halogens is 2. The zero-order valence-corrected chi connectivity index (χ0v) is 18.0. The molecule has 160 valence electrons. The number of aliphatic hydroxyl groups is 1. The largest absolute Gasteiger partial charge is 0.485 e. The monoisotopic (exact) mass is 441 g/mol. The Hall–Kier alpha value is -1.31. The van der Waals surface area contributed by atoms with Crippen molar-refractivity contribution in [3.05, 3.63) is 30.3 Å². The number of aliphatic hydroxyl groups excluding tert-OH is 1. The minimum atomic E-state index is -0.413. The predicted octanol–water partition coefficient (Wildman–Crippen LogP) is 2.65. The second-order valence-corrected chi connectivity index (χ2v) is 7.97. The predicted molar refractivity (Wildman–Crippen MR) is 119 cm³/mol. The van der Waals surface area contributed by atoms with E-state index in [0.29, 0.717) is 11.8 Å². The number of nitrogens with zero attached hydrogens (tertiary/aromatic N) is 2. The van der Waals surface area contributed by atoms with Crippen molar-refractivity contribution in [1.82, 2.24) is 10.3 Å². The zero-order valence-electron chi connectivity index (χ0n) is 16.3. The molecule has 2 aromatic rings. The molecule has 0 amide bonds. The van der Waals surface area contributed by atoms with Crippen molar-refractivity contribution >= 4 is 41.5 Å². The van der Waals surface area contributed by atoms with E-state index in [1.807, 2.05) is 12.1 Å². The van der Waals surface area contributed by atoms with E-state index in [1.54, 1.807) is 0 Å². The fourth-order valence-electron chi connectivity index (χ4n) is 4.72. The number of benzene rings is 1. The van der Waals surface area contributed by atoms with Crippen molar-refractivity contribution in [3.63, 3.8) is 0 Å². The summed E-state index contributed by atoms with van der Waals surface area (Å²) in [6.45, 7) is 5.25. The number of para-hydroxylation sites is 1. The number of fused-ring (bicyclic) bond motifs is 2. The molecular weight excluding hydrogens is 413 g/mol. The van der Waals surface area contributed by atoms with E-state index in [1.165, 1.54) is 0 Å². The Morgan fingerprint density at radius 2 is 1.79 bits per heavy atom. The van der Waals surface area contributed by atoms with Crippen LogP contribution in [0.3, 0.4) is 0 Å². The molecule has 3 aliphatic rings. The average molecular weight is 442 g/mol. The summed E-state index contributed by atoms with van der Waals surface area (Å²) < 4.78 is 11.8. The standard InChI is InChI=1S/C21H27N3O3.2ClH/c25-17-10-15-12-22-13-16(15)11-19(17)27-18-3-1-2-14-4-5-20(23-21(14)18)24-6-8-26-9-7-24;;/h1-5,15-17,19,22,25H,6-13H2;2*1H/t15-,16+,17+,19+;;/m0../s1. The van der Waals surface area contributed by atoms with Crippen LogP contribution >= 0.6 is 24.8 Å². The Morgan fingerprint density at radius 3 is 2.59 bits per heavy atom. The Morgan fingerprint density at radius 1 is 1.03 bits per heavy atom. The van der Waals surface area contributed by atoms with Gasteiger partial charge in [-0.25, -0.2) is 4.98 Å². The number of aromatic nitrogens is 1. The van der Waals surface area contributed by atoms with Gasteiger partial charge in [-0.05, 0) is 56.0 Å². The van der Waals surface area contributed by atoms with E-state index < -0.39 is 6.10 Å². The lowest BCUT2D eigenvalue weighted by Crippen LogP contribution is -2.42. The quantitative estimate of drug-likeness (QED) is 0.762. The van der Waals surface area contributed by atoms with Gasteiger partial charge in [-0.15, -0.1) is 24.8 Å². The van der Waals surface area contributed by atoms with E-state index in [2.05, 4.69) is 28.4 Å². The van der Waals surface area contributed by atoms with Gasteiger partial charge in [0, 0.05) is 18.5 Å². The molecule has 0 bridgehead atoms. The van der Waals surface area contributed by atoms with Crippen molar-refractivity contribution in [3.8, 4) is 5.75 Å². The van der Waals surface area contributed by atoms with Crippen molar-refractivity contribution < 1.29 is 14.6 Å². The second-order valence-electron chi connectivity index (χ2n) is 7.97. The Labute approximate surface area is 183 Å². The van der Waals surface area contributed by atoms with Gasteiger partial charge in [0.2, 0.25) is 0 Å². The highest BCUT2D eigenvalue weighted by Gasteiger charge is 2.40. The topological polar surface area (TPSA) is 66.8 Å². The van der Waals surface area contributed by atoms with E-state index in [9.17, 15) is 5.11 Å². The number of anilines is 1. The van der Waals surface area contributed by atoms with Gasteiger partial charge in [-0.1, -0.05) is 12.1 Å². The summed E-state index contributed by atoms with van der Waals surface area (Å²) in [6.07, 6.45) is 1.15. The van der Waals surface area contributed by atoms with E-state index in [4.69, 9.17) is 14.5 Å². The molecule has 8 heteroatoms. The highest BCUT2D eigenvalue weighted by atomic mass is 35.5. The lowest BCUT2D eigenvalue weighted by atomic mass is 9.78. The normalized spacial score (nSPS) is 28.9. The number of rotatable bonds is 3. The third-order valence-corrected chi connectivity index (χ3v) is 6.27. The fraction of sp³-hybridized carbons (Fsp3) is 0.571. The van der Waals surface area contributed by atoms with E-state index in [0.717, 1.165) is 74.7 Å². The Kier molecular flexibility index (Phi) is 7.46. The van der Waals surface area contributed by atoms with Gasteiger partial charge in [0.15, 0.2) is 0 Å². The van der Waals surface area contributed by atoms with Crippen LogP contribution in [0.2, 0.25) is 0 Å². The maximum absolute atomic E-state index is 10.6. The molecular formula is C21H29Cl2N3O3. The van der Waals surface area contributed by atoms with Gasteiger partial charge in [0.25, 0.3) is 0 Å². The molecule has 1 aromatic carbocycles. The second kappa shape index (κ2) is 9.67. The van der Waals surface area contributed by atoms with Gasteiger partial charge < -0.3 is 24.8 Å². The van der Waals surface area contributed by atoms with E-state index in [-0.39, 0.29) is 30.9 Å². The molecule has 2 N–H and O–H groups in total. The maximum Gasteiger partial charge on any atom is 0.146 e. The number of morpholine rings is 1. The summed E-state index contributed by atoms with van der Waals surface area (Å²) >= 11 is 0. The highest BCUT2D eigenvalue weighted by molar-refractivity contribution is 5.86. The number of pyridine rings is 1. The van der Waals surface area contributed by atoms with Crippen molar-refractivity contribution in [2.45, 2.75) is 25.0 Å². The molecule has 0 radical (unpaired) electrons. The molecule has 1 saturated carbocycles. The van der Waals surface area contributed by atoms with Crippen molar-refractivity contribution in [1.29, 1.82) is 0 Å². The summed E-state index contributed by atoms with van der Waals surface area (Å²) in [7, 11) is 0. The van der Waals surface area contributed by atoms with Gasteiger partial charge in [-0.2, -0.15) is 0 Å². The van der Waals surface area contributed by atoms with Crippen LogP contribution in [-0.4, -0.2) is 61.7 Å².